The van der Waals surface area contributed by atoms with Crippen molar-refractivity contribution < 1.29 is 34.1 Å². The van der Waals surface area contributed by atoms with Gasteiger partial charge < -0.3 is 19.8 Å². The first-order valence-corrected chi connectivity index (χ1v) is 8.13. The highest BCUT2D eigenvalue weighted by Crippen LogP contribution is 2.29. The van der Waals surface area contributed by atoms with E-state index in [9.17, 15) is 24.3 Å². The van der Waals surface area contributed by atoms with Gasteiger partial charge in [-0.05, 0) is 12.0 Å². The van der Waals surface area contributed by atoms with Crippen LogP contribution in [0.15, 0.2) is 30.3 Å². The lowest BCUT2D eigenvalue weighted by Gasteiger charge is -2.24. The van der Waals surface area contributed by atoms with Crippen LogP contribution in [0.1, 0.15) is 5.56 Å². The number of cyclic esters (lactones) is 1. The lowest BCUT2D eigenvalue weighted by atomic mass is 9.94. The van der Waals surface area contributed by atoms with Crippen molar-refractivity contribution in [3.63, 3.8) is 0 Å². The predicted octanol–water partition coefficient (Wildman–Crippen LogP) is 0.887. The van der Waals surface area contributed by atoms with Gasteiger partial charge in [-0.1, -0.05) is 30.3 Å². The summed E-state index contributed by atoms with van der Waals surface area (Å²) in [6.45, 7) is -0.521. The van der Waals surface area contributed by atoms with Gasteiger partial charge in [0.15, 0.2) is 0 Å². The van der Waals surface area contributed by atoms with Crippen molar-refractivity contribution in [3.05, 3.63) is 35.9 Å². The molecule has 2 N–H and O–H groups in total. The number of rotatable bonds is 4. The van der Waals surface area contributed by atoms with Crippen LogP contribution in [0.5, 0.6) is 0 Å². The minimum absolute atomic E-state index is 0.0204. The van der Waals surface area contributed by atoms with Crippen LogP contribution in [0.3, 0.4) is 0 Å². The van der Waals surface area contributed by atoms with Crippen LogP contribution in [-0.4, -0.2) is 69.8 Å². The third-order valence-corrected chi connectivity index (χ3v) is 4.74. The lowest BCUT2D eigenvalue weighted by molar-refractivity contribution is -0.147. The standard InChI is InChI=1S/C17H18N2O7/c20-14(12-7-18(16(23)24)8-13(12)15(21)22)19-11(9-26-17(19)25)6-10-4-2-1-3-5-10/h1-5,11-13H,6-9H2,(H,21,22)(H,23,24)/t11-,12+,13+/m0/s1. The Morgan fingerprint density at radius 3 is 2.35 bits per heavy atom. The van der Waals surface area contributed by atoms with Gasteiger partial charge in [-0.15, -0.1) is 0 Å². The van der Waals surface area contributed by atoms with Crippen molar-refractivity contribution in [2.45, 2.75) is 12.5 Å². The van der Waals surface area contributed by atoms with E-state index in [0.717, 1.165) is 15.4 Å². The molecule has 0 radical (unpaired) electrons. The molecule has 26 heavy (non-hydrogen) atoms. The number of likely N-dealkylation sites (tertiary alicyclic amines) is 1. The van der Waals surface area contributed by atoms with Crippen molar-refractivity contribution in [1.82, 2.24) is 9.80 Å². The summed E-state index contributed by atoms with van der Waals surface area (Å²) in [7, 11) is 0. The molecule has 9 nitrogen and oxygen atoms in total. The van der Waals surface area contributed by atoms with E-state index >= 15 is 0 Å². The van der Waals surface area contributed by atoms with Gasteiger partial charge in [0, 0.05) is 13.1 Å². The zero-order chi connectivity index (χ0) is 18.8. The predicted molar refractivity (Wildman–Crippen MR) is 86.3 cm³/mol. The molecule has 2 saturated heterocycles. The van der Waals surface area contributed by atoms with Crippen LogP contribution in [0, 0.1) is 11.8 Å². The van der Waals surface area contributed by atoms with E-state index in [2.05, 4.69) is 0 Å². The van der Waals surface area contributed by atoms with Gasteiger partial charge in [0.1, 0.15) is 6.61 Å². The molecule has 3 atom stereocenters. The highest BCUT2D eigenvalue weighted by Gasteiger charge is 2.49. The van der Waals surface area contributed by atoms with E-state index < -0.39 is 41.9 Å². The van der Waals surface area contributed by atoms with Crippen LogP contribution in [0.4, 0.5) is 9.59 Å². The molecule has 0 spiro atoms. The Bertz CT molecular complexity index is 736. The summed E-state index contributed by atoms with van der Waals surface area (Å²) in [5.41, 5.74) is 0.905. The number of carbonyl (C=O) groups excluding carboxylic acids is 2. The average Bonchev–Trinajstić information content (AvgIpc) is 3.20. The fraction of sp³-hybridized carbons (Fsp3) is 0.412. The summed E-state index contributed by atoms with van der Waals surface area (Å²) in [4.78, 5) is 49.4. The number of nitrogens with zero attached hydrogens (tertiary/aromatic N) is 2. The molecule has 0 saturated carbocycles. The molecule has 0 bridgehead atoms. The second-order valence-corrected chi connectivity index (χ2v) is 6.37. The summed E-state index contributed by atoms with van der Waals surface area (Å²) in [5.74, 6) is -4.28. The molecule has 2 aliphatic rings. The topological polar surface area (TPSA) is 124 Å². The fourth-order valence-electron chi connectivity index (χ4n) is 3.41. The number of carbonyl (C=O) groups is 4. The number of hydrogen-bond donors (Lipinski definition) is 2. The van der Waals surface area contributed by atoms with E-state index in [1.54, 1.807) is 0 Å². The number of aliphatic carboxylic acids is 1. The minimum Gasteiger partial charge on any atom is -0.481 e. The first-order valence-electron chi connectivity index (χ1n) is 8.13. The largest absolute Gasteiger partial charge is 0.481 e. The van der Waals surface area contributed by atoms with Gasteiger partial charge in [-0.25, -0.2) is 14.5 Å². The van der Waals surface area contributed by atoms with Crippen LogP contribution >= 0.6 is 0 Å². The monoisotopic (exact) mass is 362 g/mol. The maximum absolute atomic E-state index is 12.9. The van der Waals surface area contributed by atoms with Crippen LogP contribution in [0.2, 0.25) is 0 Å². The Labute approximate surface area is 148 Å². The van der Waals surface area contributed by atoms with Crippen LogP contribution in [0.25, 0.3) is 0 Å². The highest BCUT2D eigenvalue weighted by molar-refractivity contribution is 5.97. The summed E-state index contributed by atoms with van der Waals surface area (Å²) >= 11 is 0. The van der Waals surface area contributed by atoms with Crippen molar-refractivity contribution in [1.29, 1.82) is 0 Å². The average molecular weight is 362 g/mol. The van der Waals surface area contributed by atoms with Crippen molar-refractivity contribution in [2.24, 2.45) is 11.8 Å². The molecule has 138 valence electrons. The van der Waals surface area contributed by atoms with Crippen LogP contribution < -0.4 is 0 Å². The molecule has 2 heterocycles. The molecule has 0 aromatic heterocycles. The molecular weight excluding hydrogens is 344 g/mol. The van der Waals surface area contributed by atoms with Crippen LogP contribution in [-0.2, 0) is 20.7 Å². The minimum atomic E-state index is -1.30. The Hall–Kier alpha value is -3.10. The maximum Gasteiger partial charge on any atom is 0.416 e. The number of carboxylic acid groups (broad SMARTS) is 2. The molecule has 3 amide bonds. The molecule has 0 aliphatic carbocycles. The molecule has 2 aliphatic heterocycles. The maximum atomic E-state index is 12.9. The third-order valence-electron chi connectivity index (χ3n) is 4.74. The van der Waals surface area contributed by atoms with E-state index in [1.807, 2.05) is 30.3 Å². The van der Waals surface area contributed by atoms with Crippen molar-refractivity contribution in [3.8, 4) is 0 Å². The quantitative estimate of drug-likeness (QED) is 0.815. The number of amides is 3. The SMILES string of the molecule is O=C(O)[C@@H]1CN(C(=O)O)C[C@H]1C(=O)N1C(=O)OC[C@@H]1Cc1ccccc1. The molecule has 3 rings (SSSR count). The summed E-state index contributed by atoms with van der Waals surface area (Å²) in [6, 6.07) is 8.67. The lowest BCUT2D eigenvalue weighted by Crippen LogP contribution is -2.46. The Morgan fingerprint density at radius 2 is 1.73 bits per heavy atom. The number of ether oxygens (including phenoxy) is 1. The first kappa shape index (κ1) is 17.7. The van der Waals surface area contributed by atoms with Gasteiger partial charge >= 0.3 is 18.2 Å². The zero-order valence-electron chi connectivity index (χ0n) is 13.8. The number of carboxylic acids is 1. The summed E-state index contributed by atoms with van der Waals surface area (Å²) < 4.78 is 4.99. The Kier molecular flexibility index (Phi) is 4.79. The summed E-state index contributed by atoms with van der Waals surface area (Å²) in [5, 5.41) is 18.4. The second-order valence-electron chi connectivity index (χ2n) is 6.37. The van der Waals surface area contributed by atoms with E-state index in [0.29, 0.717) is 6.42 Å². The number of imide groups is 1. The van der Waals surface area contributed by atoms with E-state index in [-0.39, 0.29) is 19.7 Å². The number of hydrogen-bond acceptors (Lipinski definition) is 5. The molecule has 2 fully saturated rings. The van der Waals surface area contributed by atoms with E-state index in [1.165, 1.54) is 0 Å². The molecule has 0 unspecified atom stereocenters. The summed E-state index contributed by atoms with van der Waals surface area (Å²) in [6.07, 6.45) is -1.74. The van der Waals surface area contributed by atoms with Gasteiger partial charge in [0.2, 0.25) is 5.91 Å². The number of benzene rings is 1. The smallest absolute Gasteiger partial charge is 0.416 e. The van der Waals surface area contributed by atoms with E-state index in [4.69, 9.17) is 9.84 Å². The molecule has 1 aromatic rings. The zero-order valence-corrected chi connectivity index (χ0v) is 13.8. The van der Waals surface area contributed by atoms with Gasteiger partial charge in [-0.3, -0.25) is 9.59 Å². The van der Waals surface area contributed by atoms with Gasteiger partial charge in [0.25, 0.3) is 0 Å². The highest BCUT2D eigenvalue weighted by atomic mass is 16.6. The molecular formula is C17H18N2O7. The van der Waals surface area contributed by atoms with Gasteiger partial charge in [-0.2, -0.15) is 0 Å². The normalized spacial score (nSPS) is 25.2. The molecule has 9 heteroatoms. The first-order chi connectivity index (χ1) is 12.4. The molecule has 1 aromatic carbocycles. The van der Waals surface area contributed by atoms with Gasteiger partial charge in [0.05, 0.1) is 17.9 Å². The Balaban J connectivity index is 1.80. The fourth-order valence-corrected chi connectivity index (χ4v) is 3.41. The Morgan fingerprint density at radius 1 is 1.08 bits per heavy atom. The third kappa shape index (κ3) is 3.32. The van der Waals surface area contributed by atoms with Crippen molar-refractivity contribution >= 4 is 24.1 Å². The van der Waals surface area contributed by atoms with Crippen molar-refractivity contribution in [2.75, 3.05) is 19.7 Å². The second kappa shape index (κ2) is 7.03.